The Kier molecular flexibility index (Phi) is 10.1. The van der Waals surface area contributed by atoms with Gasteiger partial charge in [-0.1, -0.05) is 6.42 Å². The van der Waals surface area contributed by atoms with Gasteiger partial charge in [0, 0.05) is 46.0 Å². The number of aliphatic imine (C=N–C) groups is 1. The van der Waals surface area contributed by atoms with Crippen molar-refractivity contribution in [2.45, 2.75) is 51.6 Å². The fourth-order valence-electron chi connectivity index (χ4n) is 3.21. The molecule has 6 heteroatoms. The van der Waals surface area contributed by atoms with Gasteiger partial charge in [0.05, 0.1) is 6.10 Å². The minimum Gasteiger partial charge on any atom is -0.381 e. The van der Waals surface area contributed by atoms with Crippen molar-refractivity contribution in [1.82, 2.24) is 15.5 Å². The van der Waals surface area contributed by atoms with Crippen LogP contribution in [0.1, 0.15) is 45.4 Å². The Balaban J connectivity index is 1.55. The second-order valence-corrected chi connectivity index (χ2v) is 6.63. The molecule has 0 saturated carbocycles. The molecule has 2 aliphatic heterocycles. The summed E-state index contributed by atoms with van der Waals surface area (Å²) in [6.45, 7) is 10.9. The van der Waals surface area contributed by atoms with E-state index in [9.17, 15) is 0 Å². The molecule has 140 valence electrons. The molecule has 6 nitrogen and oxygen atoms in total. The van der Waals surface area contributed by atoms with Gasteiger partial charge in [0.15, 0.2) is 5.96 Å². The van der Waals surface area contributed by atoms with Crippen molar-refractivity contribution in [2.24, 2.45) is 4.99 Å². The molecular weight excluding hydrogens is 304 g/mol. The van der Waals surface area contributed by atoms with Crippen LogP contribution in [0, 0.1) is 0 Å². The quantitative estimate of drug-likeness (QED) is 0.379. The molecule has 0 amide bonds. The molecule has 0 aliphatic carbocycles. The van der Waals surface area contributed by atoms with E-state index >= 15 is 0 Å². The molecule has 0 aromatic rings. The van der Waals surface area contributed by atoms with Crippen molar-refractivity contribution in [3.8, 4) is 0 Å². The first-order valence-electron chi connectivity index (χ1n) is 9.82. The van der Waals surface area contributed by atoms with Crippen LogP contribution in [-0.4, -0.2) is 76.1 Å². The van der Waals surface area contributed by atoms with Gasteiger partial charge in [-0.15, -0.1) is 0 Å². The van der Waals surface area contributed by atoms with Crippen molar-refractivity contribution in [3.63, 3.8) is 0 Å². The molecular formula is C18H36N4O2. The Morgan fingerprint density at radius 2 is 1.96 bits per heavy atom. The summed E-state index contributed by atoms with van der Waals surface area (Å²) < 4.78 is 11.2. The molecule has 0 aromatic carbocycles. The third-order valence-electron chi connectivity index (χ3n) is 4.61. The topological polar surface area (TPSA) is 58.1 Å². The van der Waals surface area contributed by atoms with E-state index in [1.807, 2.05) is 0 Å². The van der Waals surface area contributed by atoms with Crippen LogP contribution in [0.5, 0.6) is 0 Å². The predicted octanol–water partition coefficient (Wildman–Crippen LogP) is 1.61. The minimum atomic E-state index is 0.388. The summed E-state index contributed by atoms with van der Waals surface area (Å²) >= 11 is 0. The minimum absolute atomic E-state index is 0.388. The molecule has 2 aliphatic rings. The van der Waals surface area contributed by atoms with Crippen LogP contribution in [0.4, 0.5) is 0 Å². The lowest BCUT2D eigenvalue weighted by molar-refractivity contribution is -0.0318. The van der Waals surface area contributed by atoms with Crippen LogP contribution in [-0.2, 0) is 9.47 Å². The molecule has 24 heavy (non-hydrogen) atoms. The standard InChI is InChI=1S/C18H36N4O2/c1-2-19-18(21-10-13-22-11-4-3-5-12-22)20-9-6-14-24-17-7-15-23-16-8-17/h17H,2-16H2,1H3,(H2,19,20,21). The van der Waals surface area contributed by atoms with Crippen molar-refractivity contribution in [1.29, 1.82) is 0 Å². The fraction of sp³-hybridized carbons (Fsp3) is 0.944. The maximum atomic E-state index is 5.89. The Hall–Kier alpha value is -0.850. The lowest BCUT2D eigenvalue weighted by Gasteiger charge is -2.26. The number of ether oxygens (including phenoxy) is 2. The maximum absolute atomic E-state index is 5.89. The SMILES string of the molecule is CCNC(=NCCCOC1CCOCC1)NCCN1CCCCC1. The Labute approximate surface area is 147 Å². The first-order chi connectivity index (χ1) is 11.9. The zero-order valence-electron chi connectivity index (χ0n) is 15.4. The predicted molar refractivity (Wildman–Crippen MR) is 98.7 cm³/mol. The number of nitrogens with one attached hydrogen (secondary N) is 2. The zero-order valence-corrected chi connectivity index (χ0v) is 15.4. The van der Waals surface area contributed by atoms with Crippen LogP contribution >= 0.6 is 0 Å². The number of hydrogen-bond donors (Lipinski definition) is 2. The molecule has 0 radical (unpaired) electrons. The summed E-state index contributed by atoms with van der Waals surface area (Å²) in [5.41, 5.74) is 0. The molecule has 0 spiro atoms. The van der Waals surface area contributed by atoms with Gasteiger partial charge in [-0.2, -0.15) is 0 Å². The van der Waals surface area contributed by atoms with Crippen molar-refractivity contribution >= 4 is 5.96 Å². The van der Waals surface area contributed by atoms with Gasteiger partial charge in [-0.25, -0.2) is 0 Å². The average molecular weight is 341 g/mol. The number of rotatable bonds is 9. The molecule has 2 fully saturated rings. The van der Waals surface area contributed by atoms with E-state index < -0.39 is 0 Å². The van der Waals surface area contributed by atoms with Gasteiger partial charge < -0.3 is 25.0 Å². The second kappa shape index (κ2) is 12.5. The molecule has 2 N–H and O–H groups in total. The number of guanidine groups is 1. The fourth-order valence-corrected chi connectivity index (χ4v) is 3.21. The van der Waals surface area contributed by atoms with Crippen LogP contribution in [0.2, 0.25) is 0 Å². The molecule has 0 atom stereocenters. The highest BCUT2D eigenvalue weighted by Crippen LogP contribution is 2.10. The molecule has 0 bridgehead atoms. The second-order valence-electron chi connectivity index (χ2n) is 6.63. The molecule has 0 aromatic heterocycles. The summed E-state index contributed by atoms with van der Waals surface area (Å²) in [6, 6.07) is 0. The monoisotopic (exact) mass is 340 g/mol. The van der Waals surface area contributed by atoms with Crippen LogP contribution < -0.4 is 10.6 Å². The highest BCUT2D eigenvalue weighted by molar-refractivity contribution is 5.79. The first kappa shape index (κ1) is 19.5. The smallest absolute Gasteiger partial charge is 0.191 e. The summed E-state index contributed by atoms with van der Waals surface area (Å²) in [5.74, 6) is 0.931. The third kappa shape index (κ3) is 8.31. The normalized spacial score (nSPS) is 21.0. The van der Waals surface area contributed by atoms with Gasteiger partial charge in [0.2, 0.25) is 0 Å². The van der Waals surface area contributed by atoms with Gasteiger partial charge in [-0.3, -0.25) is 4.99 Å². The largest absolute Gasteiger partial charge is 0.381 e. The first-order valence-corrected chi connectivity index (χ1v) is 9.82. The average Bonchev–Trinajstić information content (AvgIpc) is 2.63. The summed E-state index contributed by atoms with van der Waals surface area (Å²) in [4.78, 5) is 7.19. The van der Waals surface area contributed by atoms with E-state index in [1.165, 1.54) is 32.4 Å². The molecule has 2 rings (SSSR count). The van der Waals surface area contributed by atoms with Gasteiger partial charge in [0.1, 0.15) is 0 Å². The highest BCUT2D eigenvalue weighted by atomic mass is 16.5. The van der Waals surface area contributed by atoms with E-state index in [1.54, 1.807) is 0 Å². The number of piperidine rings is 1. The van der Waals surface area contributed by atoms with Gasteiger partial charge >= 0.3 is 0 Å². The van der Waals surface area contributed by atoms with Crippen molar-refractivity contribution in [3.05, 3.63) is 0 Å². The van der Waals surface area contributed by atoms with E-state index in [4.69, 9.17) is 9.47 Å². The lowest BCUT2D eigenvalue weighted by atomic mass is 10.1. The number of nitrogens with zero attached hydrogens (tertiary/aromatic N) is 2. The van der Waals surface area contributed by atoms with Gasteiger partial charge in [0.25, 0.3) is 0 Å². The van der Waals surface area contributed by atoms with Crippen molar-refractivity contribution < 1.29 is 9.47 Å². The van der Waals surface area contributed by atoms with E-state index in [0.717, 1.165) is 71.2 Å². The van der Waals surface area contributed by atoms with Crippen LogP contribution in [0.3, 0.4) is 0 Å². The number of hydrogen-bond acceptors (Lipinski definition) is 4. The van der Waals surface area contributed by atoms with Gasteiger partial charge in [-0.05, 0) is 52.1 Å². The zero-order chi connectivity index (χ0) is 16.9. The Bertz CT molecular complexity index is 340. The van der Waals surface area contributed by atoms with Crippen molar-refractivity contribution in [2.75, 3.05) is 59.1 Å². The highest BCUT2D eigenvalue weighted by Gasteiger charge is 2.13. The number of likely N-dealkylation sites (tertiary alicyclic amines) is 1. The lowest BCUT2D eigenvalue weighted by Crippen LogP contribution is -2.42. The van der Waals surface area contributed by atoms with E-state index in [2.05, 4.69) is 27.4 Å². The van der Waals surface area contributed by atoms with E-state index in [-0.39, 0.29) is 0 Å². The molecule has 0 unspecified atom stereocenters. The van der Waals surface area contributed by atoms with Crippen LogP contribution in [0.25, 0.3) is 0 Å². The summed E-state index contributed by atoms with van der Waals surface area (Å²) in [7, 11) is 0. The Morgan fingerprint density at radius 1 is 1.17 bits per heavy atom. The maximum Gasteiger partial charge on any atom is 0.191 e. The molecule has 2 heterocycles. The Morgan fingerprint density at radius 3 is 2.71 bits per heavy atom. The summed E-state index contributed by atoms with van der Waals surface area (Å²) in [6.07, 6.45) is 7.51. The molecule has 2 saturated heterocycles. The van der Waals surface area contributed by atoms with E-state index in [0.29, 0.717) is 6.10 Å². The summed E-state index contributed by atoms with van der Waals surface area (Å²) in [5, 5.41) is 6.77. The third-order valence-corrected chi connectivity index (χ3v) is 4.61. The van der Waals surface area contributed by atoms with Crippen LogP contribution in [0.15, 0.2) is 4.99 Å².